The number of hydrogen-bond donors (Lipinski definition) is 0. The third-order valence-corrected chi connectivity index (χ3v) is 4.78. The van der Waals surface area contributed by atoms with Crippen LogP contribution in [0.4, 0.5) is 5.69 Å². The summed E-state index contributed by atoms with van der Waals surface area (Å²) in [7, 11) is 1.52. The van der Waals surface area contributed by atoms with Crippen molar-refractivity contribution in [2.24, 2.45) is 5.16 Å². The molecule has 1 aliphatic heterocycles. The maximum Gasteiger partial charge on any atom is 0.368 e. The van der Waals surface area contributed by atoms with Gasteiger partial charge in [0.1, 0.15) is 12.3 Å². The number of nitrogens with zero attached hydrogens (tertiary/aromatic N) is 2. The Bertz CT molecular complexity index is 1220. The zero-order chi connectivity index (χ0) is 22.5. The zero-order valence-corrected chi connectivity index (χ0v) is 17.1. The second-order valence-corrected chi connectivity index (χ2v) is 6.87. The summed E-state index contributed by atoms with van der Waals surface area (Å²) in [4.78, 5) is 27.4. The quantitative estimate of drug-likeness (QED) is 0.236. The highest BCUT2D eigenvalue weighted by Crippen LogP contribution is 2.31. The van der Waals surface area contributed by atoms with E-state index < -0.39 is 10.9 Å². The van der Waals surface area contributed by atoms with E-state index in [2.05, 4.69) is 5.16 Å². The number of ether oxygens (including phenoxy) is 2. The summed E-state index contributed by atoms with van der Waals surface area (Å²) in [6.07, 6.45) is 1.68. The Balaban J connectivity index is 1.53. The summed E-state index contributed by atoms with van der Waals surface area (Å²) >= 11 is 0. The van der Waals surface area contributed by atoms with Crippen LogP contribution in [0.5, 0.6) is 11.5 Å². The molecule has 0 unspecified atom stereocenters. The van der Waals surface area contributed by atoms with Gasteiger partial charge >= 0.3 is 5.97 Å². The van der Waals surface area contributed by atoms with E-state index in [1.165, 1.54) is 19.2 Å². The van der Waals surface area contributed by atoms with Gasteiger partial charge < -0.3 is 14.3 Å². The molecule has 3 aromatic carbocycles. The molecule has 3 aromatic rings. The van der Waals surface area contributed by atoms with Gasteiger partial charge in [0.25, 0.3) is 5.69 Å². The Morgan fingerprint density at radius 2 is 1.78 bits per heavy atom. The Morgan fingerprint density at radius 1 is 1.03 bits per heavy atom. The van der Waals surface area contributed by atoms with Crippen LogP contribution in [0.2, 0.25) is 0 Å². The van der Waals surface area contributed by atoms with Crippen molar-refractivity contribution in [1.29, 1.82) is 0 Å². The molecule has 0 bridgehead atoms. The van der Waals surface area contributed by atoms with E-state index in [1.807, 2.05) is 30.3 Å². The lowest BCUT2D eigenvalue weighted by molar-refractivity contribution is -0.384. The summed E-state index contributed by atoms with van der Waals surface area (Å²) in [6.45, 7) is 0.214. The molecule has 8 heteroatoms. The number of nitro benzene ring substituents is 1. The molecule has 0 aromatic heterocycles. The number of benzene rings is 3. The SMILES string of the molecule is COc1cc(/C=C2\C(=O)ON=C2c2ccccc2)ccc1OCc1ccc([N+](=O)[O-])cc1. The van der Waals surface area contributed by atoms with Gasteiger partial charge in [-0.2, -0.15) is 0 Å². The highest BCUT2D eigenvalue weighted by atomic mass is 16.7. The zero-order valence-electron chi connectivity index (χ0n) is 17.1. The summed E-state index contributed by atoms with van der Waals surface area (Å²) in [6, 6.07) is 20.7. The van der Waals surface area contributed by atoms with Gasteiger partial charge in [-0.15, -0.1) is 0 Å². The van der Waals surface area contributed by atoms with Crippen LogP contribution >= 0.6 is 0 Å². The van der Waals surface area contributed by atoms with Crippen LogP contribution in [0.1, 0.15) is 16.7 Å². The van der Waals surface area contributed by atoms with E-state index in [-0.39, 0.29) is 12.3 Å². The van der Waals surface area contributed by atoms with E-state index in [4.69, 9.17) is 14.3 Å². The molecule has 0 spiro atoms. The first-order valence-electron chi connectivity index (χ1n) is 9.66. The molecule has 1 heterocycles. The van der Waals surface area contributed by atoms with Gasteiger partial charge in [0.05, 0.1) is 17.6 Å². The highest BCUT2D eigenvalue weighted by Gasteiger charge is 2.26. The number of rotatable bonds is 7. The van der Waals surface area contributed by atoms with Crippen molar-refractivity contribution in [3.05, 3.63) is 105 Å². The third-order valence-electron chi connectivity index (χ3n) is 4.78. The minimum absolute atomic E-state index is 0.0209. The molecule has 0 saturated carbocycles. The fraction of sp³-hybridized carbons (Fsp3) is 0.0833. The average Bonchev–Trinajstić information content (AvgIpc) is 3.18. The van der Waals surface area contributed by atoms with Gasteiger partial charge in [-0.25, -0.2) is 4.79 Å². The van der Waals surface area contributed by atoms with E-state index in [0.717, 1.165) is 11.1 Å². The first-order chi connectivity index (χ1) is 15.5. The van der Waals surface area contributed by atoms with Crippen molar-refractivity contribution >= 4 is 23.4 Å². The molecule has 160 valence electrons. The van der Waals surface area contributed by atoms with Crippen LogP contribution in [0.15, 0.2) is 83.5 Å². The predicted octanol–water partition coefficient (Wildman–Crippen LogP) is 4.53. The number of oxime groups is 1. The first kappa shape index (κ1) is 20.8. The van der Waals surface area contributed by atoms with Crippen LogP contribution in [-0.4, -0.2) is 23.7 Å². The summed E-state index contributed by atoms with van der Waals surface area (Å²) in [5.74, 6) is 0.450. The minimum atomic E-state index is -0.527. The van der Waals surface area contributed by atoms with Crippen LogP contribution < -0.4 is 9.47 Å². The number of hydrogen-bond acceptors (Lipinski definition) is 7. The fourth-order valence-corrected chi connectivity index (χ4v) is 3.15. The van der Waals surface area contributed by atoms with Gasteiger partial charge in [-0.05, 0) is 41.5 Å². The molecule has 0 atom stereocenters. The maximum atomic E-state index is 12.2. The molecule has 0 radical (unpaired) electrons. The maximum absolute atomic E-state index is 12.2. The fourth-order valence-electron chi connectivity index (χ4n) is 3.15. The lowest BCUT2D eigenvalue weighted by Gasteiger charge is -2.11. The van der Waals surface area contributed by atoms with Crippen molar-refractivity contribution in [1.82, 2.24) is 0 Å². The smallest absolute Gasteiger partial charge is 0.368 e. The molecule has 1 aliphatic rings. The lowest BCUT2D eigenvalue weighted by atomic mass is 10.0. The van der Waals surface area contributed by atoms with Crippen LogP contribution in [-0.2, 0) is 16.2 Å². The van der Waals surface area contributed by atoms with E-state index >= 15 is 0 Å². The van der Waals surface area contributed by atoms with Gasteiger partial charge in [0.2, 0.25) is 0 Å². The molecular formula is C24H18N2O6. The predicted molar refractivity (Wildman–Crippen MR) is 117 cm³/mol. The van der Waals surface area contributed by atoms with Crippen molar-refractivity contribution in [3.8, 4) is 11.5 Å². The topological polar surface area (TPSA) is 100 Å². The molecule has 0 aliphatic carbocycles. The monoisotopic (exact) mass is 430 g/mol. The van der Waals surface area contributed by atoms with Crippen LogP contribution in [0.3, 0.4) is 0 Å². The van der Waals surface area contributed by atoms with E-state index in [0.29, 0.717) is 28.3 Å². The lowest BCUT2D eigenvalue weighted by Crippen LogP contribution is -2.06. The number of carbonyl (C=O) groups is 1. The number of nitro groups is 1. The van der Waals surface area contributed by atoms with Gasteiger partial charge in [-0.1, -0.05) is 41.6 Å². The van der Waals surface area contributed by atoms with E-state index in [1.54, 1.807) is 36.4 Å². The summed E-state index contributed by atoms with van der Waals surface area (Å²) in [5.41, 5.74) is 3.10. The van der Waals surface area contributed by atoms with Gasteiger partial charge in [0, 0.05) is 17.7 Å². The number of methoxy groups -OCH3 is 1. The molecule has 0 fully saturated rings. The standard InChI is InChI=1S/C24H18N2O6/c1-30-22-14-17(13-20-23(25-32-24(20)27)18-5-3-2-4-6-18)9-12-21(22)31-15-16-7-10-19(11-8-16)26(28)29/h2-14H,15H2,1H3/b20-13-. The summed E-state index contributed by atoms with van der Waals surface area (Å²) < 4.78 is 11.3. The molecule has 4 rings (SSSR count). The normalized spacial score (nSPS) is 14.1. The molecule has 8 nitrogen and oxygen atoms in total. The second-order valence-electron chi connectivity index (χ2n) is 6.87. The Hall–Kier alpha value is -4.46. The van der Waals surface area contributed by atoms with Crippen LogP contribution in [0, 0.1) is 10.1 Å². The molecular weight excluding hydrogens is 412 g/mol. The van der Waals surface area contributed by atoms with Crippen molar-refractivity contribution in [2.45, 2.75) is 6.61 Å². The van der Waals surface area contributed by atoms with Gasteiger partial charge in [0.15, 0.2) is 11.5 Å². The highest BCUT2D eigenvalue weighted by molar-refractivity contribution is 6.31. The molecule has 0 N–H and O–H groups in total. The Labute approximate surface area is 183 Å². The average molecular weight is 430 g/mol. The number of carbonyl (C=O) groups excluding carboxylic acids is 1. The molecule has 0 saturated heterocycles. The van der Waals surface area contributed by atoms with Crippen molar-refractivity contribution in [3.63, 3.8) is 0 Å². The summed E-state index contributed by atoms with van der Waals surface area (Å²) in [5, 5.41) is 14.7. The van der Waals surface area contributed by atoms with Crippen molar-refractivity contribution < 1.29 is 24.0 Å². The van der Waals surface area contributed by atoms with Crippen LogP contribution in [0.25, 0.3) is 6.08 Å². The largest absolute Gasteiger partial charge is 0.493 e. The second kappa shape index (κ2) is 9.13. The Kier molecular flexibility index (Phi) is 5.94. The molecule has 32 heavy (non-hydrogen) atoms. The van der Waals surface area contributed by atoms with Gasteiger partial charge in [-0.3, -0.25) is 10.1 Å². The van der Waals surface area contributed by atoms with Crippen molar-refractivity contribution in [2.75, 3.05) is 7.11 Å². The molecule has 0 amide bonds. The Morgan fingerprint density at radius 3 is 2.47 bits per heavy atom. The third kappa shape index (κ3) is 4.49. The number of non-ortho nitro benzene ring substituents is 1. The van der Waals surface area contributed by atoms with E-state index in [9.17, 15) is 14.9 Å². The first-order valence-corrected chi connectivity index (χ1v) is 9.66. The minimum Gasteiger partial charge on any atom is -0.493 e.